The van der Waals surface area contributed by atoms with Gasteiger partial charge in [0.15, 0.2) is 0 Å². The number of carbonyl (C=O) groups is 1. The minimum atomic E-state index is -0.239. The van der Waals surface area contributed by atoms with Gasteiger partial charge in [-0.05, 0) is 58.1 Å². The van der Waals surface area contributed by atoms with Crippen molar-refractivity contribution in [3.05, 3.63) is 36.2 Å². The minimum absolute atomic E-state index is 0.239. The number of nitrogens with zero attached hydrogens (tertiary/aromatic N) is 4. The summed E-state index contributed by atoms with van der Waals surface area (Å²) in [7, 11) is 4.07. The van der Waals surface area contributed by atoms with E-state index in [1.807, 2.05) is 26.2 Å². The molecule has 2 heterocycles. The van der Waals surface area contributed by atoms with E-state index in [1.165, 1.54) is 0 Å². The maximum Gasteiger partial charge on any atom is 0.320 e. The predicted octanol–water partition coefficient (Wildman–Crippen LogP) is 3.10. The van der Waals surface area contributed by atoms with E-state index in [4.69, 9.17) is 0 Å². The van der Waals surface area contributed by atoms with Gasteiger partial charge >= 0.3 is 6.03 Å². The lowest BCUT2D eigenvalue weighted by atomic mass is 10.1. The van der Waals surface area contributed by atoms with Gasteiger partial charge in [0.2, 0.25) is 0 Å². The van der Waals surface area contributed by atoms with Crippen LogP contribution in [0.1, 0.15) is 37.7 Å². The average Bonchev–Trinajstić information content (AvgIpc) is 3.23. The number of allylic oxidation sites excluding steroid dienone is 1. The number of rotatable bonds is 8. The number of hydrogen-bond acceptors (Lipinski definition) is 6. The van der Waals surface area contributed by atoms with E-state index < -0.39 is 0 Å². The Bertz CT molecular complexity index is 942. The number of fused-ring (bicyclic) bond motifs is 1. The topological polar surface area (TPSA) is 106 Å². The van der Waals surface area contributed by atoms with Gasteiger partial charge in [-0.2, -0.15) is 5.26 Å². The van der Waals surface area contributed by atoms with Crippen LogP contribution in [0.3, 0.4) is 0 Å². The molecule has 1 aliphatic carbocycles. The summed E-state index contributed by atoms with van der Waals surface area (Å²) in [4.78, 5) is 23.2. The highest BCUT2D eigenvalue weighted by Gasteiger charge is 2.17. The van der Waals surface area contributed by atoms with Crippen molar-refractivity contribution in [3.63, 3.8) is 0 Å². The number of carbonyl (C=O) groups excluding carboxylic acids is 1. The zero-order chi connectivity index (χ0) is 21.3. The second-order valence-corrected chi connectivity index (χ2v) is 7.82. The van der Waals surface area contributed by atoms with E-state index >= 15 is 0 Å². The minimum Gasteiger partial charge on any atom is -0.390 e. The van der Waals surface area contributed by atoms with Crippen molar-refractivity contribution in [1.29, 1.82) is 5.26 Å². The van der Waals surface area contributed by atoms with E-state index in [9.17, 15) is 10.1 Å². The monoisotopic (exact) mass is 407 g/mol. The van der Waals surface area contributed by atoms with Crippen LogP contribution in [0.25, 0.3) is 16.6 Å². The standard InChI is InChI=1S/C22H29N7O/c1-29(2)11-5-10-24-14-17(13-23)16-12-20-19(25-15-16)8-9-21(27-20)28-22(30)26-18-6-3-4-7-18/h8-9,12,14-15,18,24H,3-7,10-11H2,1-2H3,(H2,26,27,28,30)/b17-14+. The molecule has 0 spiro atoms. The molecule has 2 aromatic heterocycles. The fourth-order valence-electron chi connectivity index (χ4n) is 3.48. The summed E-state index contributed by atoms with van der Waals surface area (Å²) in [5.41, 5.74) is 2.51. The molecule has 2 amide bonds. The van der Waals surface area contributed by atoms with Crippen molar-refractivity contribution in [2.45, 2.75) is 38.1 Å². The van der Waals surface area contributed by atoms with Gasteiger partial charge in [-0.25, -0.2) is 9.78 Å². The Morgan fingerprint density at radius 2 is 2.10 bits per heavy atom. The third-order valence-electron chi connectivity index (χ3n) is 5.07. The second-order valence-electron chi connectivity index (χ2n) is 7.82. The number of nitriles is 1. The van der Waals surface area contributed by atoms with Crippen LogP contribution in [-0.2, 0) is 0 Å². The summed E-state index contributed by atoms with van der Waals surface area (Å²) >= 11 is 0. The fraction of sp³-hybridized carbons (Fsp3) is 0.455. The number of pyridine rings is 2. The van der Waals surface area contributed by atoms with E-state index in [-0.39, 0.29) is 12.1 Å². The Morgan fingerprint density at radius 3 is 2.83 bits per heavy atom. The molecule has 30 heavy (non-hydrogen) atoms. The highest BCUT2D eigenvalue weighted by Crippen LogP contribution is 2.20. The van der Waals surface area contributed by atoms with Crippen molar-refractivity contribution in [3.8, 4) is 6.07 Å². The van der Waals surface area contributed by atoms with E-state index in [0.717, 1.165) is 45.2 Å². The highest BCUT2D eigenvalue weighted by molar-refractivity contribution is 5.90. The fourth-order valence-corrected chi connectivity index (χ4v) is 3.48. The summed E-state index contributed by atoms with van der Waals surface area (Å²) in [5.74, 6) is 0.459. The average molecular weight is 408 g/mol. The van der Waals surface area contributed by atoms with Crippen LogP contribution in [0.5, 0.6) is 0 Å². The number of nitrogens with one attached hydrogen (secondary N) is 3. The predicted molar refractivity (Wildman–Crippen MR) is 119 cm³/mol. The Labute approximate surface area is 177 Å². The van der Waals surface area contributed by atoms with E-state index in [2.05, 4.69) is 36.9 Å². The SMILES string of the molecule is CN(C)CCCN/C=C(\C#N)c1cnc2ccc(NC(=O)NC3CCCC3)nc2c1. The van der Waals surface area contributed by atoms with Crippen LogP contribution >= 0.6 is 0 Å². The van der Waals surface area contributed by atoms with Crippen molar-refractivity contribution < 1.29 is 4.79 Å². The molecule has 3 N–H and O–H groups in total. The molecule has 8 heteroatoms. The Balaban J connectivity index is 1.67. The summed E-state index contributed by atoms with van der Waals surface area (Å²) in [6.45, 7) is 1.76. The lowest BCUT2D eigenvalue weighted by Crippen LogP contribution is -2.36. The van der Waals surface area contributed by atoms with E-state index in [1.54, 1.807) is 18.5 Å². The molecule has 0 saturated heterocycles. The van der Waals surface area contributed by atoms with Crippen molar-refractivity contribution in [1.82, 2.24) is 25.5 Å². The molecule has 1 aliphatic rings. The van der Waals surface area contributed by atoms with Crippen LogP contribution in [-0.4, -0.2) is 54.1 Å². The molecule has 1 saturated carbocycles. The van der Waals surface area contributed by atoms with Crippen molar-refractivity contribution in [2.75, 3.05) is 32.5 Å². The van der Waals surface area contributed by atoms with Gasteiger partial charge in [-0.15, -0.1) is 0 Å². The van der Waals surface area contributed by atoms with Crippen LogP contribution < -0.4 is 16.0 Å². The molecule has 3 rings (SSSR count). The van der Waals surface area contributed by atoms with Gasteiger partial charge in [0.1, 0.15) is 11.9 Å². The lowest BCUT2D eigenvalue weighted by molar-refractivity contribution is 0.248. The highest BCUT2D eigenvalue weighted by atomic mass is 16.2. The Hall–Kier alpha value is -3.18. The first kappa shape index (κ1) is 21.5. The number of hydrogen-bond donors (Lipinski definition) is 3. The second kappa shape index (κ2) is 10.6. The third kappa shape index (κ3) is 6.16. The molecule has 8 nitrogen and oxygen atoms in total. The quantitative estimate of drug-likeness (QED) is 0.459. The number of aromatic nitrogens is 2. The smallest absolute Gasteiger partial charge is 0.320 e. The molecule has 0 aliphatic heterocycles. The van der Waals surface area contributed by atoms with Gasteiger partial charge in [0.25, 0.3) is 0 Å². The first-order chi connectivity index (χ1) is 14.5. The molecule has 0 aromatic carbocycles. The molecule has 0 unspecified atom stereocenters. The normalized spacial score (nSPS) is 14.7. The first-order valence-electron chi connectivity index (χ1n) is 10.4. The third-order valence-corrected chi connectivity index (χ3v) is 5.07. The summed E-state index contributed by atoms with van der Waals surface area (Å²) in [6, 6.07) is 7.58. The van der Waals surface area contributed by atoms with E-state index in [0.29, 0.717) is 28.0 Å². The van der Waals surface area contributed by atoms with Gasteiger partial charge in [0.05, 0.1) is 16.6 Å². The molecule has 158 valence electrons. The van der Waals surface area contributed by atoms with Crippen LogP contribution in [0.4, 0.5) is 10.6 Å². The maximum absolute atomic E-state index is 12.2. The molecule has 2 aromatic rings. The summed E-state index contributed by atoms with van der Waals surface area (Å²) in [5, 5.41) is 18.5. The Morgan fingerprint density at radius 1 is 1.30 bits per heavy atom. The van der Waals surface area contributed by atoms with Gasteiger partial charge in [-0.1, -0.05) is 12.8 Å². The molecule has 0 atom stereocenters. The van der Waals surface area contributed by atoms with Gasteiger partial charge < -0.3 is 15.5 Å². The number of urea groups is 1. The number of anilines is 1. The molecule has 0 radical (unpaired) electrons. The lowest BCUT2D eigenvalue weighted by Gasteiger charge is -2.12. The van der Waals surface area contributed by atoms with Crippen LogP contribution in [0.15, 0.2) is 30.6 Å². The maximum atomic E-state index is 12.2. The van der Waals surface area contributed by atoms with Crippen LogP contribution in [0.2, 0.25) is 0 Å². The van der Waals surface area contributed by atoms with Gasteiger partial charge in [-0.3, -0.25) is 10.3 Å². The Kier molecular flexibility index (Phi) is 7.57. The summed E-state index contributed by atoms with van der Waals surface area (Å²) in [6.07, 6.45) is 8.74. The van der Waals surface area contributed by atoms with Gasteiger partial charge in [0, 0.05) is 30.5 Å². The molecule has 0 bridgehead atoms. The summed E-state index contributed by atoms with van der Waals surface area (Å²) < 4.78 is 0. The molecular weight excluding hydrogens is 378 g/mol. The van der Waals surface area contributed by atoms with Crippen LogP contribution in [0, 0.1) is 11.3 Å². The number of amides is 2. The first-order valence-corrected chi connectivity index (χ1v) is 10.4. The zero-order valence-corrected chi connectivity index (χ0v) is 17.6. The van der Waals surface area contributed by atoms with Crippen molar-refractivity contribution in [2.24, 2.45) is 0 Å². The zero-order valence-electron chi connectivity index (χ0n) is 17.6. The molecule has 1 fully saturated rings. The van der Waals surface area contributed by atoms with Crippen molar-refractivity contribution >= 4 is 28.5 Å². The molecular formula is C22H29N7O. The largest absolute Gasteiger partial charge is 0.390 e.